The first kappa shape index (κ1) is 22.1. The van der Waals surface area contributed by atoms with Crippen LogP contribution >= 0.6 is 0 Å². The second kappa shape index (κ2) is 8.46. The van der Waals surface area contributed by atoms with Gasteiger partial charge < -0.3 is 9.84 Å². The van der Waals surface area contributed by atoms with E-state index in [1.54, 1.807) is 0 Å². The van der Waals surface area contributed by atoms with Crippen LogP contribution in [0, 0.1) is 10.8 Å². The van der Waals surface area contributed by atoms with E-state index < -0.39 is 11.4 Å². The number of fused-ring (bicyclic) bond motifs is 1. The maximum atomic E-state index is 11.5. The summed E-state index contributed by atoms with van der Waals surface area (Å²) in [6.07, 6.45) is 6.48. The quantitative estimate of drug-likeness (QED) is 0.601. The number of hydrogen-bond acceptors (Lipinski definition) is 3. The molecule has 1 aliphatic carbocycles. The molecule has 2 aliphatic rings. The number of ether oxygens (including phenoxy) is 1. The van der Waals surface area contributed by atoms with E-state index in [4.69, 9.17) is 4.74 Å². The predicted molar refractivity (Wildman–Crippen MR) is 126 cm³/mol. The molecular formula is C27H37NO3. The second-order valence-electron chi connectivity index (χ2n) is 10.8. The molecular weight excluding hydrogens is 386 g/mol. The van der Waals surface area contributed by atoms with Gasteiger partial charge in [0.2, 0.25) is 0 Å². The van der Waals surface area contributed by atoms with Crippen molar-refractivity contribution in [3.8, 4) is 5.75 Å². The summed E-state index contributed by atoms with van der Waals surface area (Å²) >= 11 is 0. The van der Waals surface area contributed by atoms with Crippen LogP contribution in [0.5, 0.6) is 5.75 Å². The summed E-state index contributed by atoms with van der Waals surface area (Å²) < 4.78 is 6.31. The fourth-order valence-electron chi connectivity index (χ4n) is 5.09. The summed E-state index contributed by atoms with van der Waals surface area (Å²) in [6, 6.07) is 13.4. The van der Waals surface area contributed by atoms with Gasteiger partial charge in [-0.05, 0) is 105 Å². The van der Waals surface area contributed by atoms with E-state index in [1.807, 2.05) is 6.92 Å². The lowest BCUT2D eigenvalue weighted by Crippen LogP contribution is -2.43. The van der Waals surface area contributed by atoms with Crippen molar-refractivity contribution in [2.75, 3.05) is 13.1 Å². The van der Waals surface area contributed by atoms with Crippen LogP contribution in [-0.4, -0.2) is 35.2 Å². The molecule has 1 aliphatic heterocycles. The monoisotopic (exact) mass is 423 g/mol. The average Bonchev–Trinajstić information content (AvgIpc) is 2.75. The summed E-state index contributed by atoms with van der Waals surface area (Å²) in [5.41, 5.74) is 1.16. The van der Waals surface area contributed by atoms with Crippen molar-refractivity contribution in [3.05, 3.63) is 42.0 Å². The highest BCUT2D eigenvalue weighted by Gasteiger charge is 2.38. The number of carboxylic acid groups (broad SMARTS) is 1. The highest BCUT2D eigenvalue weighted by molar-refractivity contribution is 5.84. The van der Waals surface area contributed by atoms with Gasteiger partial charge in [0, 0.05) is 6.04 Å². The Bertz CT molecular complexity index is 933. The normalized spacial score (nSPS) is 22.8. The molecule has 2 aromatic rings. The van der Waals surface area contributed by atoms with E-state index in [0.29, 0.717) is 24.4 Å². The number of piperidine rings is 1. The molecule has 4 heteroatoms. The molecule has 2 fully saturated rings. The first-order chi connectivity index (χ1) is 14.7. The lowest BCUT2D eigenvalue weighted by molar-refractivity contribution is -0.151. The lowest BCUT2D eigenvalue weighted by Gasteiger charge is -2.39. The highest BCUT2D eigenvalue weighted by atomic mass is 16.5. The van der Waals surface area contributed by atoms with Gasteiger partial charge in [-0.25, -0.2) is 0 Å². The molecule has 1 saturated carbocycles. The Morgan fingerprint density at radius 1 is 1.00 bits per heavy atom. The standard InChI is InChI=1S/C27H37NO3/c1-19(28-15-13-27(4,14-16-28)25(29)30)20-5-6-22-18-24(8-7-21(22)17-20)31-23-9-11-26(2,3)12-10-23/h5-8,17-19,23H,9-16H2,1-4H3,(H,29,30). The third kappa shape index (κ3) is 4.90. The maximum Gasteiger partial charge on any atom is 0.309 e. The van der Waals surface area contributed by atoms with Crippen molar-refractivity contribution in [3.63, 3.8) is 0 Å². The Kier molecular flexibility index (Phi) is 6.04. The Balaban J connectivity index is 1.42. The number of benzene rings is 2. The topological polar surface area (TPSA) is 49.8 Å². The van der Waals surface area contributed by atoms with Gasteiger partial charge in [0.15, 0.2) is 0 Å². The summed E-state index contributed by atoms with van der Waals surface area (Å²) in [5.74, 6) is 0.308. The largest absolute Gasteiger partial charge is 0.490 e. The molecule has 4 rings (SSSR count). The van der Waals surface area contributed by atoms with Crippen molar-refractivity contribution in [2.24, 2.45) is 10.8 Å². The van der Waals surface area contributed by atoms with Crippen LogP contribution in [0.1, 0.15) is 77.8 Å². The Hall–Kier alpha value is -2.07. The molecule has 1 unspecified atom stereocenters. The zero-order chi connectivity index (χ0) is 22.2. The van der Waals surface area contributed by atoms with Crippen LogP contribution in [0.15, 0.2) is 36.4 Å². The molecule has 1 saturated heterocycles. The van der Waals surface area contributed by atoms with Gasteiger partial charge in [0.1, 0.15) is 5.75 Å². The first-order valence-corrected chi connectivity index (χ1v) is 11.8. The summed E-state index contributed by atoms with van der Waals surface area (Å²) in [6.45, 7) is 10.5. The second-order valence-corrected chi connectivity index (χ2v) is 10.8. The Labute approximate surface area is 186 Å². The van der Waals surface area contributed by atoms with Crippen LogP contribution in [0.3, 0.4) is 0 Å². The van der Waals surface area contributed by atoms with Gasteiger partial charge in [-0.2, -0.15) is 0 Å². The van der Waals surface area contributed by atoms with E-state index in [2.05, 4.69) is 62.1 Å². The minimum atomic E-state index is -0.666. The zero-order valence-electron chi connectivity index (χ0n) is 19.5. The number of aliphatic carboxylic acids is 1. The van der Waals surface area contributed by atoms with E-state index in [-0.39, 0.29) is 6.04 Å². The number of rotatable bonds is 5. The van der Waals surface area contributed by atoms with Gasteiger partial charge in [-0.3, -0.25) is 9.69 Å². The third-order valence-corrected chi connectivity index (χ3v) is 7.87. The van der Waals surface area contributed by atoms with Gasteiger partial charge in [0.25, 0.3) is 0 Å². The van der Waals surface area contributed by atoms with Crippen LogP contribution in [0.2, 0.25) is 0 Å². The number of hydrogen-bond donors (Lipinski definition) is 1. The van der Waals surface area contributed by atoms with Crippen molar-refractivity contribution >= 4 is 16.7 Å². The fraction of sp³-hybridized carbons (Fsp3) is 0.593. The molecule has 1 N–H and O–H groups in total. The third-order valence-electron chi connectivity index (χ3n) is 7.87. The molecule has 2 aromatic carbocycles. The number of nitrogens with zero attached hydrogens (tertiary/aromatic N) is 1. The van der Waals surface area contributed by atoms with Crippen LogP contribution in [0.4, 0.5) is 0 Å². The number of carbonyl (C=O) groups is 1. The SMILES string of the molecule is CC(c1ccc2cc(OC3CCC(C)(C)CC3)ccc2c1)N1CCC(C)(C(=O)O)CC1. The molecule has 0 amide bonds. The zero-order valence-corrected chi connectivity index (χ0v) is 19.5. The molecule has 0 aromatic heterocycles. The molecule has 168 valence electrons. The van der Waals surface area contributed by atoms with E-state index in [0.717, 1.165) is 31.7 Å². The average molecular weight is 424 g/mol. The Morgan fingerprint density at radius 3 is 2.26 bits per heavy atom. The van der Waals surface area contributed by atoms with E-state index in [1.165, 1.54) is 29.2 Å². The molecule has 31 heavy (non-hydrogen) atoms. The highest BCUT2D eigenvalue weighted by Crippen LogP contribution is 2.38. The van der Waals surface area contributed by atoms with Crippen molar-refractivity contribution in [2.45, 2.75) is 78.4 Å². The number of likely N-dealkylation sites (tertiary alicyclic amines) is 1. The van der Waals surface area contributed by atoms with Crippen molar-refractivity contribution in [1.29, 1.82) is 0 Å². The minimum Gasteiger partial charge on any atom is -0.490 e. The summed E-state index contributed by atoms with van der Waals surface area (Å²) in [4.78, 5) is 13.9. The van der Waals surface area contributed by atoms with E-state index >= 15 is 0 Å². The van der Waals surface area contributed by atoms with Crippen molar-refractivity contribution in [1.82, 2.24) is 4.90 Å². The van der Waals surface area contributed by atoms with E-state index in [9.17, 15) is 9.90 Å². The minimum absolute atomic E-state index is 0.282. The summed E-state index contributed by atoms with van der Waals surface area (Å²) in [5, 5.41) is 11.9. The molecule has 4 nitrogen and oxygen atoms in total. The lowest BCUT2D eigenvalue weighted by atomic mass is 9.76. The van der Waals surface area contributed by atoms with Crippen LogP contribution in [-0.2, 0) is 4.79 Å². The van der Waals surface area contributed by atoms with Gasteiger partial charge >= 0.3 is 5.97 Å². The fourth-order valence-corrected chi connectivity index (χ4v) is 5.09. The molecule has 0 spiro atoms. The Morgan fingerprint density at radius 2 is 1.61 bits per heavy atom. The van der Waals surface area contributed by atoms with Gasteiger partial charge in [-0.1, -0.05) is 32.0 Å². The van der Waals surface area contributed by atoms with Gasteiger partial charge in [0.05, 0.1) is 11.5 Å². The smallest absolute Gasteiger partial charge is 0.309 e. The molecule has 0 bridgehead atoms. The summed E-state index contributed by atoms with van der Waals surface area (Å²) in [7, 11) is 0. The molecule has 1 atom stereocenters. The number of carboxylic acids is 1. The predicted octanol–water partition coefficient (Wildman–Crippen LogP) is 6.44. The molecule has 0 radical (unpaired) electrons. The maximum absolute atomic E-state index is 11.5. The van der Waals surface area contributed by atoms with Gasteiger partial charge in [-0.15, -0.1) is 0 Å². The van der Waals surface area contributed by atoms with Crippen molar-refractivity contribution < 1.29 is 14.6 Å². The first-order valence-electron chi connectivity index (χ1n) is 11.8. The van der Waals surface area contributed by atoms with Crippen LogP contribution < -0.4 is 4.74 Å². The van der Waals surface area contributed by atoms with Crippen LogP contribution in [0.25, 0.3) is 10.8 Å². The molecule has 1 heterocycles.